The third kappa shape index (κ3) is 4.17. The van der Waals surface area contributed by atoms with Crippen molar-refractivity contribution in [3.8, 4) is 0 Å². The number of ether oxygens (including phenoxy) is 1. The number of anilines is 1. The number of nitrogens with zero attached hydrogens (tertiary/aromatic N) is 1. The van der Waals surface area contributed by atoms with Crippen LogP contribution in [0.4, 0.5) is 5.69 Å². The van der Waals surface area contributed by atoms with Crippen LogP contribution in [-0.2, 0) is 16.1 Å². The van der Waals surface area contributed by atoms with Crippen molar-refractivity contribution in [2.45, 2.75) is 16.8 Å². The number of hydrogen-bond donors (Lipinski definition) is 2. The van der Waals surface area contributed by atoms with Crippen molar-refractivity contribution in [2.75, 3.05) is 31.6 Å². The molecule has 1 atom stereocenters. The zero-order valence-corrected chi connectivity index (χ0v) is 16.7. The third-order valence-corrected chi connectivity index (χ3v) is 6.45. The van der Waals surface area contributed by atoms with Gasteiger partial charge in [-0.2, -0.15) is 0 Å². The molecular formula is C20H20ClN3O3S. The fourth-order valence-corrected chi connectivity index (χ4v) is 4.56. The Bertz CT molecular complexity index is 902. The molecule has 4 rings (SSSR count). The first-order chi connectivity index (χ1) is 13.6. The van der Waals surface area contributed by atoms with Crippen LogP contribution < -0.4 is 10.6 Å². The topological polar surface area (TPSA) is 70.7 Å². The Hall–Kier alpha value is -2.06. The summed E-state index contributed by atoms with van der Waals surface area (Å²) in [7, 11) is 0. The van der Waals surface area contributed by atoms with Gasteiger partial charge in [0.05, 0.1) is 18.9 Å². The van der Waals surface area contributed by atoms with Crippen molar-refractivity contribution in [1.29, 1.82) is 0 Å². The van der Waals surface area contributed by atoms with Gasteiger partial charge in [0.1, 0.15) is 5.37 Å². The van der Waals surface area contributed by atoms with E-state index in [0.29, 0.717) is 36.0 Å². The van der Waals surface area contributed by atoms with Crippen LogP contribution in [0.15, 0.2) is 47.4 Å². The molecule has 2 aromatic carbocycles. The molecule has 6 nitrogen and oxygen atoms in total. The maximum absolute atomic E-state index is 12.6. The first kappa shape index (κ1) is 19.3. The van der Waals surface area contributed by atoms with E-state index >= 15 is 0 Å². The largest absolute Gasteiger partial charge is 0.379 e. The second-order valence-corrected chi connectivity index (χ2v) is 8.12. The maximum atomic E-state index is 12.6. The lowest BCUT2D eigenvalue weighted by Gasteiger charge is -2.35. The Kier molecular flexibility index (Phi) is 5.87. The van der Waals surface area contributed by atoms with Gasteiger partial charge in [-0.15, -0.1) is 0 Å². The van der Waals surface area contributed by atoms with Gasteiger partial charge in [-0.05, 0) is 29.8 Å². The summed E-state index contributed by atoms with van der Waals surface area (Å²) in [6.45, 7) is 3.10. The lowest BCUT2D eigenvalue weighted by molar-refractivity contribution is -0.119. The quantitative estimate of drug-likeness (QED) is 0.800. The Morgan fingerprint density at radius 2 is 2.04 bits per heavy atom. The van der Waals surface area contributed by atoms with Crippen LogP contribution in [-0.4, -0.2) is 48.4 Å². The van der Waals surface area contributed by atoms with Gasteiger partial charge in [0.15, 0.2) is 0 Å². The molecule has 2 aliphatic rings. The molecule has 0 spiro atoms. The Morgan fingerprint density at radius 3 is 2.82 bits per heavy atom. The van der Waals surface area contributed by atoms with Gasteiger partial charge in [-0.3, -0.25) is 14.5 Å². The molecule has 2 aliphatic heterocycles. The predicted octanol–water partition coefficient (Wildman–Crippen LogP) is 2.97. The molecule has 0 aromatic heterocycles. The van der Waals surface area contributed by atoms with Crippen molar-refractivity contribution in [2.24, 2.45) is 0 Å². The number of carbonyl (C=O) groups is 2. The lowest BCUT2D eigenvalue weighted by Crippen LogP contribution is -2.48. The molecule has 146 valence electrons. The normalized spacial score (nSPS) is 19.6. The number of rotatable bonds is 4. The molecule has 2 amide bonds. The highest BCUT2D eigenvalue weighted by atomic mass is 35.5. The monoisotopic (exact) mass is 417 g/mol. The number of fused-ring (bicyclic) bond motifs is 1. The minimum Gasteiger partial charge on any atom is -0.379 e. The first-order valence-corrected chi connectivity index (χ1v) is 10.3. The molecule has 2 heterocycles. The minimum atomic E-state index is -0.267. The Morgan fingerprint density at radius 1 is 1.25 bits per heavy atom. The highest BCUT2D eigenvalue weighted by Gasteiger charge is 2.33. The summed E-state index contributed by atoms with van der Waals surface area (Å²) in [5.74, 6) is -0.273. The number of halogens is 1. The number of morpholine rings is 1. The number of carbonyl (C=O) groups excluding carboxylic acids is 2. The van der Waals surface area contributed by atoms with E-state index in [1.165, 1.54) is 11.8 Å². The molecule has 1 fully saturated rings. The van der Waals surface area contributed by atoms with Gasteiger partial charge in [0, 0.05) is 35.1 Å². The first-order valence-electron chi connectivity index (χ1n) is 9.07. The second kappa shape index (κ2) is 8.53. The van der Waals surface area contributed by atoms with Crippen LogP contribution in [0.1, 0.15) is 15.9 Å². The number of nitrogens with one attached hydrogen (secondary N) is 2. The Labute approximate surface area is 172 Å². The lowest BCUT2D eigenvalue weighted by atomic mass is 10.1. The van der Waals surface area contributed by atoms with Crippen LogP contribution in [0.5, 0.6) is 0 Å². The summed E-state index contributed by atoms with van der Waals surface area (Å²) in [5, 5.41) is 6.16. The van der Waals surface area contributed by atoms with Crippen LogP contribution in [0, 0.1) is 0 Å². The zero-order valence-electron chi connectivity index (χ0n) is 15.1. The van der Waals surface area contributed by atoms with Gasteiger partial charge < -0.3 is 15.4 Å². The average molecular weight is 418 g/mol. The van der Waals surface area contributed by atoms with Crippen LogP contribution in [0.3, 0.4) is 0 Å². The van der Waals surface area contributed by atoms with E-state index in [1.807, 2.05) is 24.3 Å². The molecule has 0 aliphatic carbocycles. The highest BCUT2D eigenvalue weighted by Crippen LogP contribution is 2.37. The van der Waals surface area contributed by atoms with Crippen molar-refractivity contribution in [3.05, 3.63) is 58.6 Å². The summed E-state index contributed by atoms with van der Waals surface area (Å²) in [5.41, 5.74) is 2.02. The molecule has 1 saturated heterocycles. The highest BCUT2D eigenvalue weighted by molar-refractivity contribution is 8.00. The van der Waals surface area contributed by atoms with Gasteiger partial charge in [0.25, 0.3) is 11.8 Å². The standard InChI is InChI=1S/C20H20ClN3O3S/c21-15-4-2-1-3-14(15)12-22-18(25)13-5-6-17-16(11-13)23-19(26)20(28-17)24-7-9-27-10-8-24/h1-6,11,20H,7-10,12H2,(H,22,25)(H,23,26)/t20-/m0/s1. The van der Waals surface area contributed by atoms with E-state index in [0.717, 1.165) is 23.5 Å². The predicted molar refractivity (Wildman–Crippen MR) is 110 cm³/mol. The van der Waals surface area contributed by atoms with Crippen LogP contribution in [0.2, 0.25) is 5.02 Å². The SMILES string of the molecule is O=C(NCc1ccccc1Cl)c1ccc2c(c1)NC(=O)[C@@H](N1CCOCC1)S2. The van der Waals surface area contributed by atoms with Crippen molar-refractivity contribution < 1.29 is 14.3 Å². The molecule has 2 aromatic rings. The molecule has 0 bridgehead atoms. The van der Waals surface area contributed by atoms with Crippen LogP contribution in [0.25, 0.3) is 0 Å². The van der Waals surface area contributed by atoms with Gasteiger partial charge in [-0.25, -0.2) is 0 Å². The average Bonchev–Trinajstić information content (AvgIpc) is 2.72. The molecular weight excluding hydrogens is 398 g/mol. The van der Waals surface area contributed by atoms with E-state index in [4.69, 9.17) is 16.3 Å². The van der Waals surface area contributed by atoms with E-state index in [-0.39, 0.29) is 17.2 Å². The number of hydrogen-bond acceptors (Lipinski definition) is 5. The molecule has 2 N–H and O–H groups in total. The summed E-state index contributed by atoms with van der Waals surface area (Å²) >= 11 is 7.64. The number of benzene rings is 2. The smallest absolute Gasteiger partial charge is 0.252 e. The number of thioether (sulfide) groups is 1. The fourth-order valence-electron chi connectivity index (χ4n) is 3.21. The Balaban J connectivity index is 1.44. The van der Waals surface area contributed by atoms with E-state index < -0.39 is 0 Å². The molecule has 28 heavy (non-hydrogen) atoms. The zero-order chi connectivity index (χ0) is 19.5. The molecule has 8 heteroatoms. The van der Waals surface area contributed by atoms with Crippen LogP contribution >= 0.6 is 23.4 Å². The fraction of sp³-hybridized carbons (Fsp3) is 0.300. The van der Waals surface area contributed by atoms with Crippen molar-refractivity contribution in [3.63, 3.8) is 0 Å². The summed E-state index contributed by atoms with van der Waals surface area (Å²) in [6.07, 6.45) is 0. The van der Waals surface area contributed by atoms with E-state index in [9.17, 15) is 9.59 Å². The van der Waals surface area contributed by atoms with Gasteiger partial charge >= 0.3 is 0 Å². The summed E-state index contributed by atoms with van der Waals surface area (Å²) in [6, 6.07) is 12.8. The van der Waals surface area contributed by atoms with Gasteiger partial charge in [0.2, 0.25) is 0 Å². The van der Waals surface area contributed by atoms with Crippen molar-refractivity contribution >= 4 is 40.9 Å². The van der Waals surface area contributed by atoms with Gasteiger partial charge in [-0.1, -0.05) is 41.6 Å². The third-order valence-electron chi connectivity index (χ3n) is 4.74. The number of amides is 2. The van der Waals surface area contributed by atoms with E-state index in [1.54, 1.807) is 18.2 Å². The molecule has 0 radical (unpaired) electrons. The maximum Gasteiger partial charge on any atom is 0.252 e. The summed E-state index contributed by atoms with van der Waals surface area (Å²) < 4.78 is 5.36. The van der Waals surface area contributed by atoms with Crippen molar-refractivity contribution in [1.82, 2.24) is 10.2 Å². The summed E-state index contributed by atoms with van der Waals surface area (Å²) in [4.78, 5) is 28.1. The molecule has 0 unspecified atom stereocenters. The molecule has 0 saturated carbocycles. The minimum absolute atomic E-state index is 0.0620. The second-order valence-electron chi connectivity index (χ2n) is 6.59. The van der Waals surface area contributed by atoms with E-state index in [2.05, 4.69) is 15.5 Å².